The van der Waals surface area contributed by atoms with E-state index >= 15 is 0 Å². The number of hydrogen-bond donors (Lipinski definition) is 3. The molecule has 0 radical (unpaired) electrons. The fourth-order valence-corrected chi connectivity index (χ4v) is 2.11. The molecule has 128 valence electrons. The Hall–Kier alpha value is -1.88. The highest BCUT2D eigenvalue weighted by Crippen LogP contribution is 2.18. The van der Waals surface area contributed by atoms with Crippen LogP contribution in [0.4, 0.5) is 0 Å². The molecule has 1 rings (SSSR count). The number of aliphatic hydroxyl groups is 1. The van der Waals surface area contributed by atoms with Gasteiger partial charge in [-0.3, -0.25) is 9.59 Å². The van der Waals surface area contributed by atoms with Crippen molar-refractivity contribution in [1.82, 2.24) is 10.6 Å². The molecule has 1 atom stereocenters. The molecule has 5 heteroatoms. The molecule has 0 aromatic heterocycles. The minimum absolute atomic E-state index is 0.0412. The van der Waals surface area contributed by atoms with E-state index in [4.69, 9.17) is 0 Å². The van der Waals surface area contributed by atoms with E-state index in [2.05, 4.69) is 10.6 Å². The maximum atomic E-state index is 12.2. The van der Waals surface area contributed by atoms with Crippen LogP contribution in [0.3, 0.4) is 0 Å². The van der Waals surface area contributed by atoms with E-state index in [1.807, 2.05) is 45.9 Å². The summed E-state index contributed by atoms with van der Waals surface area (Å²) in [7, 11) is 0. The zero-order valence-corrected chi connectivity index (χ0v) is 14.5. The van der Waals surface area contributed by atoms with E-state index in [9.17, 15) is 14.7 Å². The summed E-state index contributed by atoms with van der Waals surface area (Å²) in [5.74, 6) is -0.268. The van der Waals surface area contributed by atoms with Crippen molar-refractivity contribution in [3.63, 3.8) is 0 Å². The number of carbonyl (C=O) groups is 2. The molecule has 0 aliphatic heterocycles. The fraction of sp³-hybridized carbons (Fsp3) is 0.556. The van der Waals surface area contributed by atoms with Crippen LogP contribution in [0.25, 0.3) is 0 Å². The molecule has 0 saturated heterocycles. The smallest absolute Gasteiger partial charge is 0.251 e. The number of aliphatic hydroxyl groups excluding tert-OH is 1. The van der Waals surface area contributed by atoms with Crippen molar-refractivity contribution in [2.75, 3.05) is 13.2 Å². The van der Waals surface area contributed by atoms with Gasteiger partial charge in [-0.2, -0.15) is 0 Å². The predicted molar refractivity (Wildman–Crippen MR) is 91.2 cm³/mol. The summed E-state index contributed by atoms with van der Waals surface area (Å²) in [5, 5.41) is 14.8. The van der Waals surface area contributed by atoms with Crippen LogP contribution in [0.1, 0.15) is 50.0 Å². The van der Waals surface area contributed by atoms with E-state index in [0.717, 1.165) is 12.0 Å². The molecule has 0 aliphatic rings. The van der Waals surface area contributed by atoms with Crippen molar-refractivity contribution in [3.8, 4) is 0 Å². The van der Waals surface area contributed by atoms with Gasteiger partial charge in [-0.15, -0.1) is 0 Å². The Morgan fingerprint density at radius 3 is 2.61 bits per heavy atom. The number of carbonyl (C=O) groups excluding carboxylic acids is 2. The van der Waals surface area contributed by atoms with Gasteiger partial charge in [0.05, 0.1) is 0 Å². The normalized spacial score (nSPS) is 12.6. The van der Waals surface area contributed by atoms with Crippen molar-refractivity contribution >= 4 is 11.8 Å². The summed E-state index contributed by atoms with van der Waals surface area (Å²) in [5.41, 5.74) is 1.31. The highest BCUT2D eigenvalue weighted by atomic mass is 16.3. The monoisotopic (exact) mass is 320 g/mol. The quantitative estimate of drug-likeness (QED) is 0.684. The standard InChI is InChI=1S/C18H28N2O3/c1-5-14-7-6-8-15(9-14)17(23)20-13(2)11-19-16(22)10-18(3,4)12-21/h6-9,13,21H,5,10-12H2,1-4H3,(H,19,22)(H,20,23). The number of amides is 2. The van der Waals surface area contributed by atoms with E-state index < -0.39 is 5.41 Å². The van der Waals surface area contributed by atoms with Gasteiger partial charge >= 0.3 is 0 Å². The second-order valence-electron chi connectivity index (χ2n) is 6.73. The number of benzene rings is 1. The molecule has 5 nitrogen and oxygen atoms in total. The van der Waals surface area contributed by atoms with Gasteiger partial charge in [0, 0.05) is 31.2 Å². The predicted octanol–water partition coefficient (Wildman–Crippen LogP) is 1.89. The van der Waals surface area contributed by atoms with Crippen LogP contribution in [0, 0.1) is 5.41 Å². The first-order valence-corrected chi connectivity index (χ1v) is 8.04. The first-order valence-electron chi connectivity index (χ1n) is 8.04. The Kier molecular flexibility index (Phi) is 7.23. The fourth-order valence-electron chi connectivity index (χ4n) is 2.11. The van der Waals surface area contributed by atoms with E-state index in [-0.39, 0.29) is 30.9 Å². The SMILES string of the molecule is CCc1cccc(C(=O)NC(C)CNC(=O)CC(C)(C)CO)c1. The van der Waals surface area contributed by atoms with Crippen molar-refractivity contribution < 1.29 is 14.7 Å². The third-order valence-electron chi connectivity index (χ3n) is 3.65. The summed E-state index contributed by atoms with van der Waals surface area (Å²) in [4.78, 5) is 24.0. The maximum Gasteiger partial charge on any atom is 0.251 e. The summed E-state index contributed by atoms with van der Waals surface area (Å²) < 4.78 is 0. The molecule has 0 aliphatic carbocycles. The molecule has 1 unspecified atom stereocenters. The lowest BCUT2D eigenvalue weighted by Crippen LogP contribution is -2.42. The zero-order valence-electron chi connectivity index (χ0n) is 14.5. The average molecular weight is 320 g/mol. The molecule has 23 heavy (non-hydrogen) atoms. The van der Waals surface area contributed by atoms with Gasteiger partial charge in [-0.1, -0.05) is 32.9 Å². The summed E-state index contributed by atoms with van der Waals surface area (Å²) in [6.45, 7) is 7.87. The molecule has 2 amide bonds. The Labute approximate surface area is 138 Å². The maximum absolute atomic E-state index is 12.2. The van der Waals surface area contributed by atoms with Crippen molar-refractivity contribution in [2.45, 2.75) is 46.6 Å². The Morgan fingerprint density at radius 1 is 1.30 bits per heavy atom. The van der Waals surface area contributed by atoms with Crippen LogP contribution in [-0.2, 0) is 11.2 Å². The highest BCUT2D eigenvalue weighted by Gasteiger charge is 2.21. The minimum atomic E-state index is -0.433. The van der Waals surface area contributed by atoms with Crippen molar-refractivity contribution in [3.05, 3.63) is 35.4 Å². The Morgan fingerprint density at radius 2 is 2.00 bits per heavy atom. The molecule has 1 aromatic rings. The van der Waals surface area contributed by atoms with E-state index in [1.54, 1.807) is 6.07 Å². The van der Waals surface area contributed by atoms with E-state index in [0.29, 0.717) is 12.1 Å². The summed E-state index contributed by atoms with van der Waals surface area (Å²) >= 11 is 0. The van der Waals surface area contributed by atoms with Crippen molar-refractivity contribution in [1.29, 1.82) is 0 Å². The van der Waals surface area contributed by atoms with Gasteiger partial charge < -0.3 is 15.7 Å². The minimum Gasteiger partial charge on any atom is -0.396 e. The second kappa shape index (κ2) is 8.67. The third-order valence-corrected chi connectivity index (χ3v) is 3.65. The lowest BCUT2D eigenvalue weighted by molar-refractivity contribution is -0.123. The average Bonchev–Trinajstić information content (AvgIpc) is 2.52. The molecular weight excluding hydrogens is 292 g/mol. The lowest BCUT2D eigenvalue weighted by Gasteiger charge is -2.21. The van der Waals surface area contributed by atoms with Crippen LogP contribution in [0.2, 0.25) is 0 Å². The molecule has 0 bridgehead atoms. The molecule has 0 fully saturated rings. The molecular formula is C18H28N2O3. The van der Waals surface area contributed by atoms with Gasteiger partial charge in [0.2, 0.25) is 5.91 Å². The van der Waals surface area contributed by atoms with Crippen LogP contribution >= 0.6 is 0 Å². The highest BCUT2D eigenvalue weighted by molar-refractivity contribution is 5.94. The van der Waals surface area contributed by atoms with Gasteiger partial charge in [-0.25, -0.2) is 0 Å². The van der Waals surface area contributed by atoms with Crippen LogP contribution in [0.15, 0.2) is 24.3 Å². The van der Waals surface area contributed by atoms with Gasteiger partial charge in [0.25, 0.3) is 5.91 Å². The summed E-state index contributed by atoms with van der Waals surface area (Å²) in [6.07, 6.45) is 1.14. The zero-order chi connectivity index (χ0) is 17.5. The molecule has 3 N–H and O–H groups in total. The van der Waals surface area contributed by atoms with Gasteiger partial charge in [-0.05, 0) is 36.5 Å². The first-order chi connectivity index (χ1) is 10.8. The number of rotatable bonds is 8. The van der Waals surface area contributed by atoms with Gasteiger partial charge in [0.15, 0.2) is 0 Å². The van der Waals surface area contributed by atoms with Crippen LogP contribution in [-0.4, -0.2) is 36.1 Å². The second-order valence-corrected chi connectivity index (χ2v) is 6.73. The molecule has 0 heterocycles. The van der Waals surface area contributed by atoms with Gasteiger partial charge in [0.1, 0.15) is 0 Å². The summed E-state index contributed by atoms with van der Waals surface area (Å²) in [6, 6.07) is 7.35. The molecule has 1 aromatic carbocycles. The number of aryl methyl sites for hydroxylation is 1. The first kappa shape index (κ1) is 19.2. The van der Waals surface area contributed by atoms with Crippen LogP contribution < -0.4 is 10.6 Å². The lowest BCUT2D eigenvalue weighted by atomic mass is 9.90. The molecule has 0 spiro atoms. The Bertz CT molecular complexity index is 541. The van der Waals surface area contributed by atoms with E-state index in [1.165, 1.54) is 0 Å². The Balaban J connectivity index is 2.45. The van der Waals surface area contributed by atoms with Crippen LogP contribution in [0.5, 0.6) is 0 Å². The number of hydrogen-bond acceptors (Lipinski definition) is 3. The third kappa shape index (κ3) is 6.82. The largest absolute Gasteiger partial charge is 0.396 e. The number of nitrogens with one attached hydrogen (secondary N) is 2. The molecule has 0 saturated carbocycles. The topological polar surface area (TPSA) is 78.4 Å². The van der Waals surface area contributed by atoms with Crippen molar-refractivity contribution in [2.24, 2.45) is 5.41 Å².